The molecule has 0 spiro atoms. The fourth-order valence-corrected chi connectivity index (χ4v) is 2.34. The van der Waals surface area contributed by atoms with Crippen LogP contribution in [0, 0.1) is 12.8 Å². The Balaban J connectivity index is 1.85. The first-order chi connectivity index (χ1) is 9.06. The summed E-state index contributed by atoms with van der Waals surface area (Å²) in [7, 11) is 0. The Bertz CT molecular complexity index is 467. The average Bonchev–Trinajstić information content (AvgIpc) is 2.39. The highest BCUT2D eigenvalue weighted by molar-refractivity contribution is 5.83. The lowest BCUT2D eigenvalue weighted by atomic mass is 9.96. The van der Waals surface area contributed by atoms with Crippen LogP contribution in [0.25, 0.3) is 0 Å². The molecule has 0 aliphatic carbocycles. The first-order valence-electron chi connectivity index (χ1n) is 6.62. The van der Waals surface area contributed by atoms with E-state index in [0.29, 0.717) is 19.5 Å². The Morgan fingerprint density at radius 1 is 1.37 bits per heavy atom. The van der Waals surface area contributed by atoms with Crippen molar-refractivity contribution in [3.8, 4) is 0 Å². The third-order valence-corrected chi connectivity index (χ3v) is 3.66. The monoisotopic (exact) mass is 261 g/mol. The Morgan fingerprint density at radius 3 is 2.63 bits per heavy atom. The standard InChI is InChI=1S/C15H19NO3/c1-11-2-4-12(5-3-11)6-8-16-9-7-13(15(18)19)10-14(16)17/h2-5,13H,6-10H2,1H3,(H,18,19). The first-order valence-corrected chi connectivity index (χ1v) is 6.62. The molecule has 1 aliphatic rings. The van der Waals surface area contributed by atoms with Gasteiger partial charge >= 0.3 is 5.97 Å². The summed E-state index contributed by atoms with van der Waals surface area (Å²) in [5, 5.41) is 8.91. The molecule has 4 nitrogen and oxygen atoms in total. The fourth-order valence-electron chi connectivity index (χ4n) is 2.34. The van der Waals surface area contributed by atoms with Gasteiger partial charge in [0.2, 0.25) is 5.91 Å². The second kappa shape index (κ2) is 5.87. The molecule has 1 aromatic carbocycles. The van der Waals surface area contributed by atoms with E-state index in [9.17, 15) is 9.59 Å². The lowest BCUT2D eigenvalue weighted by Crippen LogP contribution is -2.41. The molecule has 1 N–H and O–H groups in total. The van der Waals surface area contributed by atoms with E-state index in [2.05, 4.69) is 24.3 Å². The summed E-state index contributed by atoms with van der Waals surface area (Å²) < 4.78 is 0. The topological polar surface area (TPSA) is 57.6 Å². The molecule has 1 aliphatic heterocycles. The molecule has 1 heterocycles. The molecule has 19 heavy (non-hydrogen) atoms. The maximum Gasteiger partial charge on any atom is 0.307 e. The van der Waals surface area contributed by atoms with Crippen LogP contribution in [-0.4, -0.2) is 35.0 Å². The second-order valence-corrected chi connectivity index (χ2v) is 5.14. The quantitative estimate of drug-likeness (QED) is 0.900. The van der Waals surface area contributed by atoms with E-state index < -0.39 is 11.9 Å². The summed E-state index contributed by atoms with van der Waals surface area (Å²) in [6.07, 6.45) is 1.53. The zero-order valence-corrected chi connectivity index (χ0v) is 11.1. The average molecular weight is 261 g/mol. The van der Waals surface area contributed by atoms with Crippen molar-refractivity contribution in [2.45, 2.75) is 26.2 Å². The van der Waals surface area contributed by atoms with Gasteiger partial charge in [-0.2, -0.15) is 0 Å². The molecule has 102 valence electrons. The number of carbonyl (C=O) groups excluding carboxylic acids is 1. The number of hydrogen-bond acceptors (Lipinski definition) is 2. The molecule has 0 bridgehead atoms. The Labute approximate surface area is 113 Å². The lowest BCUT2D eigenvalue weighted by molar-refractivity contribution is -0.149. The molecule has 1 unspecified atom stereocenters. The largest absolute Gasteiger partial charge is 0.481 e. The predicted octanol–water partition coefficient (Wildman–Crippen LogP) is 1.86. The number of amides is 1. The van der Waals surface area contributed by atoms with Crippen LogP contribution in [0.5, 0.6) is 0 Å². The Morgan fingerprint density at radius 2 is 2.05 bits per heavy atom. The van der Waals surface area contributed by atoms with Crippen molar-refractivity contribution in [1.29, 1.82) is 0 Å². The van der Waals surface area contributed by atoms with Crippen molar-refractivity contribution in [3.05, 3.63) is 35.4 Å². The molecule has 1 amide bonds. The summed E-state index contributed by atoms with van der Waals surface area (Å²) in [6.45, 7) is 3.28. The minimum atomic E-state index is -0.855. The normalized spacial score (nSPS) is 19.5. The van der Waals surface area contributed by atoms with E-state index in [1.54, 1.807) is 4.90 Å². The van der Waals surface area contributed by atoms with Crippen LogP contribution in [0.3, 0.4) is 0 Å². The molecule has 0 radical (unpaired) electrons. The Kier molecular flexibility index (Phi) is 4.20. The molecule has 0 aromatic heterocycles. The van der Waals surface area contributed by atoms with Crippen LogP contribution in [0.4, 0.5) is 0 Å². The van der Waals surface area contributed by atoms with Gasteiger partial charge < -0.3 is 10.0 Å². The number of piperidine rings is 1. The van der Waals surface area contributed by atoms with Crippen LogP contribution in [-0.2, 0) is 16.0 Å². The van der Waals surface area contributed by atoms with Crippen LogP contribution < -0.4 is 0 Å². The van der Waals surface area contributed by atoms with Gasteiger partial charge in [-0.1, -0.05) is 29.8 Å². The zero-order valence-electron chi connectivity index (χ0n) is 11.1. The number of carboxylic acid groups (broad SMARTS) is 1. The van der Waals surface area contributed by atoms with Gasteiger partial charge in [0, 0.05) is 19.5 Å². The number of benzene rings is 1. The third-order valence-electron chi connectivity index (χ3n) is 3.66. The summed E-state index contributed by atoms with van der Waals surface area (Å²) in [4.78, 5) is 24.5. The number of rotatable bonds is 4. The van der Waals surface area contributed by atoms with Crippen molar-refractivity contribution in [2.75, 3.05) is 13.1 Å². The van der Waals surface area contributed by atoms with Crippen molar-refractivity contribution in [3.63, 3.8) is 0 Å². The molecule has 2 rings (SSSR count). The Hall–Kier alpha value is -1.84. The number of carbonyl (C=O) groups is 2. The smallest absolute Gasteiger partial charge is 0.307 e. The minimum Gasteiger partial charge on any atom is -0.481 e. The van der Waals surface area contributed by atoms with Crippen LogP contribution in [0.1, 0.15) is 24.0 Å². The molecule has 0 saturated carbocycles. The highest BCUT2D eigenvalue weighted by Gasteiger charge is 2.29. The van der Waals surface area contributed by atoms with E-state index in [1.807, 2.05) is 6.92 Å². The summed E-state index contributed by atoms with van der Waals surface area (Å²) >= 11 is 0. The number of likely N-dealkylation sites (tertiary alicyclic amines) is 1. The van der Waals surface area contributed by atoms with Gasteiger partial charge in [0.15, 0.2) is 0 Å². The van der Waals surface area contributed by atoms with E-state index in [4.69, 9.17) is 5.11 Å². The molecule has 1 atom stereocenters. The maximum absolute atomic E-state index is 11.8. The maximum atomic E-state index is 11.8. The molecular formula is C15H19NO3. The number of aryl methyl sites for hydroxylation is 1. The highest BCUT2D eigenvalue weighted by Crippen LogP contribution is 2.19. The lowest BCUT2D eigenvalue weighted by Gasteiger charge is -2.30. The fraction of sp³-hybridized carbons (Fsp3) is 0.467. The van der Waals surface area contributed by atoms with Crippen molar-refractivity contribution >= 4 is 11.9 Å². The number of carboxylic acids is 1. The zero-order chi connectivity index (χ0) is 13.8. The van der Waals surface area contributed by atoms with E-state index in [0.717, 1.165) is 6.42 Å². The second-order valence-electron chi connectivity index (χ2n) is 5.14. The number of aliphatic carboxylic acids is 1. The van der Waals surface area contributed by atoms with Crippen LogP contribution >= 0.6 is 0 Å². The summed E-state index contributed by atoms with van der Waals surface area (Å²) in [5.74, 6) is -1.39. The molecule has 1 fully saturated rings. The van der Waals surface area contributed by atoms with Gasteiger partial charge in [-0.05, 0) is 25.3 Å². The van der Waals surface area contributed by atoms with Gasteiger partial charge in [-0.15, -0.1) is 0 Å². The van der Waals surface area contributed by atoms with Crippen molar-refractivity contribution in [2.24, 2.45) is 5.92 Å². The number of hydrogen-bond donors (Lipinski definition) is 1. The molecular weight excluding hydrogens is 242 g/mol. The minimum absolute atomic E-state index is 0.0363. The predicted molar refractivity (Wildman–Crippen MR) is 71.8 cm³/mol. The summed E-state index contributed by atoms with van der Waals surface area (Å²) in [5.41, 5.74) is 2.43. The first kappa shape index (κ1) is 13.6. The number of nitrogens with zero attached hydrogens (tertiary/aromatic N) is 1. The molecule has 1 saturated heterocycles. The van der Waals surface area contributed by atoms with Gasteiger partial charge in [0.1, 0.15) is 0 Å². The van der Waals surface area contributed by atoms with Gasteiger partial charge in [-0.3, -0.25) is 9.59 Å². The van der Waals surface area contributed by atoms with Gasteiger partial charge in [0.25, 0.3) is 0 Å². The third kappa shape index (κ3) is 3.56. The van der Waals surface area contributed by atoms with Crippen molar-refractivity contribution in [1.82, 2.24) is 4.90 Å². The van der Waals surface area contributed by atoms with Gasteiger partial charge in [0.05, 0.1) is 5.92 Å². The van der Waals surface area contributed by atoms with Gasteiger partial charge in [-0.25, -0.2) is 0 Å². The highest BCUT2D eigenvalue weighted by atomic mass is 16.4. The molecule has 1 aromatic rings. The van der Waals surface area contributed by atoms with E-state index in [1.165, 1.54) is 11.1 Å². The SMILES string of the molecule is Cc1ccc(CCN2CCC(C(=O)O)CC2=O)cc1. The van der Waals surface area contributed by atoms with Crippen LogP contribution in [0.15, 0.2) is 24.3 Å². The summed E-state index contributed by atoms with van der Waals surface area (Å²) in [6, 6.07) is 8.27. The van der Waals surface area contributed by atoms with E-state index >= 15 is 0 Å². The molecule has 4 heteroatoms. The van der Waals surface area contributed by atoms with Crippen molar-refractivity contribution < 1.29 is 14.7 Å². The van der Waals surface area contributed by atoms with E-state index in [-0.39, 0.29) is 12.3 Å². The van der Waals surface area contributed by atoms with Crippen LogP contribution in [0.2, 0.25) is 0 Å².